The number of hydrogen-bond acceptors (Lipinski definition) is 3. The van der Waals surface area contributed by atoms with Crippen molar-refractivity contribution in [2.45, 2.75) is 25.9 Å². The standard InChI is InChI=1S/C26H26BrFN2O3/c1-18-14-21(12-13-22(18)27)33-17-25(31)30(16-20-10-6-7-11-23(20)28)24(26(32)29-2)15-19-8-4-3-5-9-19/h3-14,24H,15-17H2,1-2H3,(H,29,32)/t24-/m1/s1. The molecule has 1 atom stereocenters. The van der Waals surface area contributed by atoms with Gasteiger partial charge in [0, 0.05) is 30.0 Å². The van der Waals surface area contributed by atoms with Gasteiger partial charge in [-0.15, -0.1) is 0 Å². The Kier molecular flexibility index (Phi) is 8.60. The maximum Gasteiger partial charge on any atom is 0.261 e. The third kappa shape index (κ3) is 6.65. The number of benzene rings is 3. The van der Waals surface area contributed by atoms with E-state index in [4.69, 9.17) is 4.74 Å². The van der Waals surface area contributed by atoms with Gasteiger partial charge in [0.05, 0.1) is 0 Å². The zero-order chi connectivity index (χ0) is 23.8. The van der Waals surface area contributed by atoms with Crippen LogP contribution in [0.2, 0.25) is 0 Å². The Bertz CT molecular complexity index is 1110. The fourth-order valence-corrected chi connectivity index (χ4v) is 3.71. The molecule has 0 spiro atoms. The van der Waals surface area contributed by atoms with Crippen LogP contribution in [0.3, 0.4) is 0 Å². The van der Waals surface area contributed by atoms with Gasteiger partial charge in [-0.2, -0.15) is 0 Å². The van der Waals surface area contributed by atoms with Crippen LogP contribution >= 0.6 is 15.9 Å². The molecule has 33 heavy (non-hydrogen) atoms. The highest BCUT2D eigenvalue weighted by molar-refractivity contribution is 9.10. The molecule has 0 heterocycles. The van der Waals surface area contributed by atoms with Crippen molar-refractivity contribution in [3.05, 3.63) is 99.8 Å². The molecule has 0 aliphatic rings. The summed E-state index contributed by atoms with van der Waals surface area (Å²) in [7, 11) is 1.52. The molecular formula is C26H26BrFN2O3. The zero-order valence-electron chi connectivity index (χ0n) is 18.6. The van der Waals surface area contributed by atoms with Crippen LogP contribution in [-0.2, 0) is 22.6 Å². The van der Waals surface area contributed by atoms with E-state index in [1.165, 1.54) is 18.0 Å². The monoisotopic (exact) mass is 512 g/mol. The lowest BCUT2D eigenvalue weighted by molar-refractivity contribution is -0.142. The largest absolute Gasteiger partial charge is 0.484 e. The summed E-state index contributed by atoms with van der Waals surface area (Å²) in [5.41, 5.74) is 2.18. The maximum absolute atomic E-state index is 14.4. The van der Waals surface area contributed by atoms with Crippen LogP contribution in [0, 0.1) is 12.7 Å². The lowest BCUT2D eigenvalue weighted by atomic mass is 10.0. The van der Waals surface area contributed by atoms with Gasteiger partial charge in [0.2, 0.25) is 5.91 Å². The zero-order valence-corrected chi connectivity index (χ0v) is 20.1. The van der Waals surface area contributed by atoms with E-state index in [1.54, 1.807) is 24.3 Å². The summed E-state index contributed by atoms with van der Waals surface area (Å²) in [6, 6.07) is 20.2. The van der Waals surface area contributed by atoms with Crippen molar-refractivity contribution in [2.24, 2.45) is 0 Å². The maximum atomic E-state index is 14.4. The Balaban J connectivity index is 1.88. The lowest BCUT2D eigenvalue weighted by Crippen LogP contribution is -2.51. The lowest BCUT2D eigenvalue weighted by Gasteiger charge is -2.31. The summed E-state index contributed by atoms with van der Waals surface area (Å²) in [5, 5.41) is 2.64. The molecule has 5 nitrogen and oxygen atoms in total. The second-order valence-electron chi connectivity index (χ2n) is 7.63. The van der Waals surface area contributed by atoms with Gasteiger partial charge < -0.3 is 15.0 Å². The summed E-state index contributed by atoms with van der Waals surface area (Å²) in [5.74, 6) is -0.643. The van der Waals surface area contributed by atoms with Gasteiger partial charge in [-0.3, -0.25) is 9.59 Å². The van der Waals surface area contributed by atoms with Crippen molar-refractivity contribution >= 4 is 27.7 Å². The fraction of sp³-hybridized carbons (Fsp3) is 0.231. The first-order chi connectivity index (χ1) is 15.9. The van der Waals surface area contributed by atoms with Crippen molar-refractivity contribution in [1.29, 1.82) is 0 Å². The van der Waals surface area contributed by atoms with Crippen LogP contribution in [0.5, 0.6) is 5.75 Å². The minimum atomic E-state index is -0.834. The number of amides is 2. The SMILES string of the molecule is CNC(=O)[C@@H](Cc1ccccc1)N(Cc1ccccc1F)C(=O)COc1ccc(Br)c(C)c1. The molecule has 0 radical (unpaired) electrons. The first-order valence-corrected chi connectivity index (χ1v) is 11.4. The Morgan fingerprint density at radius 2 is 1.76 bits per heavy atom. The van der Waals surface area contributed by atoms with Crippen molar-refractivity contribution in [2.75, 3.05) is 13.7 Å². The summed E-state index contributed by atoms with van der Waals surface area (Å²) in [4.78, 5) is 27.6. The Hall–Kier alpha value is -3.19. The number of ether oxygens (including phenoxy) is 1. The fourth-order valence-electron chi connectivity index (χ4n) is 3.47. The minimum Gasteiger partial charge on any atom is -0.484 e. The molecule has 3 aromatic carbocycles. The van der Waals surface area contributed by atoms with Crippen molar-refractivity contribution in [1.82, 2.24) is 10.2 Å². The van der Waals surface area contributed by atoms with E-state index in [9.17, 15) is 14.0 Å². The van der Waals surface area contributed by atoms with Gasteiger partial charge in [0.1, 0.15) is 17.6 Å². The topological polar surface area (TPSA) is 58.6 Å². The summed E-state index contributed by atoms with van der Waals surface area (Å²) in [6.45, 7) is 1.59. The molecule has 0 fully saturated rings. The number of hydrogen-bond donors (Lipinski definition) is 1. The molecule has 0 bridgehead atoms. The van der Waals surface area contributed by atoms with E-state index in [0.717, 1.165) is 15.6 Å². The molecule has 0 aliphatic heterocycles. The molecule has 2 amide bonds. The average Bonchev–Trinajstić information content (AvgIpc) is 2.83. The molecule has 0 aliphatic carbocycles. The van der Waals surface area contributed by atoms with Gasteiger partial charge in [0.25, 0.3) is 5.91 Å². The third-order valence-corrected chi connectivity index (χ3v) is 6.20. The summed E-state index contributed by atoms with van der Waals surface area (Å²) in [6.07, 6.45) is 0.290. The second-order valence-corrected chi connectivity index (χ2v) is 8.49. The van der Waals surface area contributed by atoms with E-state index < -0.39 is 17.8 Å². The first-order valence-electron chi connectivity index (χ1n) is 10.6. The van der Waals surface area contributed by atoms with E-state index in [2.05, 4.69) is 21.2 Å². The molecule has 0 unspecified atom stereocenters. The molecule has 172 valence electrons. The van der Waals surface area contributed by atoms with Crippen molar-refractivity contribution in [3.8, 4) is 5.75 Å². The van der Waals surface area contributed by atoms with Crippen LogP contribution in [0.15, 0.2) is 77.3 Å². The Morgan fingerprint density at radius 3 is 2.42 bits per heavy atom. The average molecular weight is 513 g/mol. The van der Waals surface area contributed by atoms with Crippen LogP contribution in [-0.4, -0.2) is 36.4 Å². The number of nitrogens with one attached hydrogen (secondary N) is 1. The third-order valence-electron chi connectivity index (χ3n) is 5.31. The number of aryl methyl sites for hydroxylation is 1. The molecule has 3 aromatic rings. The number of nitrogens with zero attached hydrogens (tertiary/aromatic N) is 1. The van der Waals surface area contributed by atoms with Crippen molar-refractivity contribution in [3.63, 3.8) is 0 Å². The Morgan fingerprint density at radius 1 is 1.06 bits per heavy atom. The highest BCUT2D eigenvalue weighted by Crippen LogP contribution is 2.22. The van der Waals surface area contributed by atoms with E-state index in [-0.39, 0.29) is 25.5 Å². The van der Waals surface area contributed by atoms with E-state index in [0.29, 0.717) is 11.3 Å². The number of rotatable bonds is 9. The van der Waals surface area contributed by atoms with Gasteiger partial charge in [0.15, 0.2) is 6.61 Å². The van der Waals surface area contributed by atoms with Crippen molar-refractivity contribution < 1.29 is 18.7 Å². The molecule has 0 aromatic heterocycles. The smallest absolute Gasteiger partial charge is 0.261 e. The molecule has 7 heteroatoms. The van der Waals surface area contributed by atoms with Gasteiger partial charge in [-0.25, -0.2) is 4.39 Å². The van der Waals surface area contributed by atoms with Crippen LogP contribution in [0.25, 0.3) is 0 Å². The molecule has 0 saturated heterocycles. The van der Waals surface area contributed by atoms with Gasteiger partial charge in [-0.05, 0) is 42.3 Å². The number of likely N-dealkylation sites (N-methyl/N-ethyl adjacent to an activating group) is 1. The highest BCUT2D eigenvalue weighted by Gasteiger charge is 2.30. The Labute approximate surface area is 201 Å². The number of carbonyl (C=O) groups is 2. The highest BCUT2D eigenvalue weighted by atomic mass is 79.9. The predicted octanol–water partition coefficient (Wildman–Crippen LogP) is 4.66. The van der Waals surface area contributed by atoms with Gasteiger partial charge in [-0.1, -0.05) is 64.5 Å². The second kappa shape index (κ2) is 11.6. The molecule has 3 rings (SSSR count). The predicted molar refractivity (Wildman–Crippen MR) is 129 cm³/mol. The normalized spacial score (nSPS) is 11.5. The number of carbonyl (C=O) groups excluding carboxylic acids is 2. The minimum absolute atomic E-state index is 0.0564. The quantitative estimate of drug-likeness (QED) is 0.453. The number of halogens is 2. The van der Waals surface area contributed by atoms with Crippen LogP contribution in [0.1, 0.15) is 16.7 Å². The van der Waals surface area contributed by atoms with Gasteiger partial charge >= 0.3 is 0 Å². The summed E-state index contributed by atoms with van der Waals surface area (Å²) < 4.78 is 21.1. The van der Waals surface area contributed by atoms with Crippen LogP contribution < -0.4 is 10.1 Å². The first kappa shape index (κ1) is 24.5. The summed E-state index contributed by atoms with van der Waals surface area (Å²) >= 11 is 3.44. The molecule has 0 saturated carbocycles. The molecular weight excluding hydrogens is 487 g/mol. The van der Waals surface area contributed by atoms with Crippen LogP contribution in [0.4, 0.5) is 4.39 Å². The molecule has 1 N–H and O–H groups in total. The van der Waals surface area contributed by atoms with E-state index in [1.807, 2.05) is 49.4 Å². The van der Waals surface area contributed by atoms with E-state index >= 15 is 0 Å².